The highest BCUT2D eigenvalue weighted by atomic mass is 32.2. The second kappa shape index (κ2) is 7.20. The minimum atomic E-state index is -5.02. The molecule has 0 amide bonds. The van der Waals surface area contributed by atoms with Gasteiger partial charge in [-0.05, 0) is 42.8 Å². The van der Waals surface area contributed by atoms with E-state index in [1.54, 1.807) is 18.3 Å². The summed E-state index contributed by atoms with van der Waals surface area (Å²) in [5, 5.41) is 3.18. The van der Waals surface area contributed by atoms with E-state index in [2.05, 4.69) is 15.0 Å². The van der Waals surface area contributed by atoms with E-state index in [4.69, 9.17) is 0 Å². The zero-order valence-electron chi connectivity index (χ0n) is 15.0. The third kappa shape index (κ3) is 3.73. The molecule has 4 rings (SSSR count). The number of fused-ring (bicyclic) bond motifs is 1. The molecule has 10 heteroatoms. The van der Waals surface area contributed by atoms with E-state index in [0.29, 0.717) is 24.0 Å². The lowest BCUT2D eigenvalue weighted by molar-refractivity contribution is -0.275. The van der Waals surface area contributed by atoms with Crippen LogP contribution in [0, 0.1) is 0 Å². The summed E-state index contributed by atoms with van der Waals surface area (Å²) in [4.78, 5) is 3.73. The van der Waals surface area contributed by atoms with E-state index in [1.165, 1.54) is 18.3 Å². The Balaban J connectivity index is 1.91. The zero-order chi connectivity index (χ0) is 20.6. The summed E-state index contributed by atoms with van der Waals surface area (Å²) in [6.07, 6.45) is 0.574. The Morgan fingerprint density at radius 3 is 2.66 bits per heavy atom. The molecule has 1 aromatic carbocycles. The van der Waals surface area contributed by atoms with Gasteiger partial charge in [0.15, 0.2) is 0 Å². The number of pyridine rings is 1. The number of para-hydroxylation sites is 1. The number of hydrogen-bond donors (Lipinski definition) is 1. The number of ether oxygens (including phenoxy) is 1. The molecule has 2 aromatic heterocycles. The Hall–Kier alpha value is -2.85. The lowest BCUT2D eigenvalue weighted by Gasteiger charge is -2.14. The maximum absolute atomic E-state index is 13.3. The Kier molecular flexibility index (Phi) is 4.83. The summed E-state index contributed by atoms with van der Waals surface area (Å²) in [6, 6.07) is 7.82. The molecule has 0 radical (unpaired) electrons. The first-order valence-electron chi connectivity index (χ1n) is 8.74. The molecule has 1 aliphatic heterocycles. The first-order chi connectivity index (χ1) is 13.8. The van der Waals surface area contributed by atoms with Crippen LogP contribution in [-0.2, 0) is 10.0 Å². The van der Waals surface area contributed by atoms with Crippen LogP contribution in [0.1, 0.15) is 12.0 Å². The molecule has 0 spiro atoms. The highest BCUT2D eigenvalue weighted by Gasteiger charge is 2.35. The fourth-order valence-corrected chi connectivity index (χ4v) is 4.79. The molecule has 3 heterocycles. The quantitative estimate of drug-likeness (QED) is 0.695. The van der Waals surface area contributed by atoms with E-state index in [1.807, 2.05) is 6.08 Å². The first-order valence-corrected chi connectivity index (χ1v) is 10.2. The summed E-state index contributed by atoms with van der Waals surface area (Å²) in [7, 11) is -4.38. The monoisotopic (exact) mass is 423 g/mol. The van der Waals surface area contributed by atoms with Crippen LogP contribution in [0.3, 0.4) is 0 Å². The molecule has 0 fully saturated rings. The van der Waals surface area contributed by atoms with Crippen molar-refractivity contribution in [2.75, 3.05) is 13.1 Å². The van der Waals surface area contributed by atoms with Crippen LogP contribution < -0.4 is 10.1 Å². The minimum Gasteiger partial charge on any atom is -0.404 e. The smallest absolute Gasteiger partial charge is 0.404 e. The molecule has 0 saturated carbocycles. The van der Waals surface area contributed by atoms with E-state index < -0.39 is 27.0 Å². The van der Waals surface area contributed by atoms with Crippen molar-refractivity contribution in [1.82, 2.24) is 14.3 Å². The van der Waals surface area contributed by atoms with E-state index in [9.17, 15) is 21.6 Å². The van der Waals surface area contributed by atoms with Crippen molar-refractivity contribution in [3.8, 4) is 5.75 Å². The molecule has 152 valence electrons. The average Bonchev–Trinajstić information content (AvgIpc) is 3.08. The summed E-state index contributed by atoms with van der Waals surface area (Å²) in [5.41, 5.74) is 2.32. The molecule has 1 aliphatic rings. The van der Waals surface area contributed by atoms with Crippen molar-refractivity contribution in [3.05, 3.63) is 60.4 Å². The van der Waals surface area contributed by atoms with Gasteiger partial charge in [-0.2, -0.15) is 0 Å². The van der Waals surface area contributed by atoms with Crippen LogP contribution in [0.5, 0.6) is 5.75 Å². The molecular weight excluding hydrogens is 407 g/mol. The molecule has 0 saturated heterocycles. The number of halogens is 3. The van der Waals surface area contributed by atoms with Gasteiger partial charge in [-0.15, -0.1) is 13.2 Å². The number of hydrogen-bond acceptors (Lipinski definition) is 5. The van der Waals surface area contributed by atoms with Gasteiger partial charge in [-0.25, -0.2) is 12.4 Å². The van der Waals surface area contributed by atoms with Crippen LogP contribution in [0.4, 0.5) is 13.2 Å². The van der Waals surface area contributed by atoms with Gasteiger partial charge in [-0.1, -0.05) is 18.2 Å². The molecule has 6 nitrogen and oxygen atoms in total. The Morgan fingerprint density at radius 1 is 1.14 bits per heavy atom. The van der Waals surface area contributed by atoms with Gasteiger partial charge in [0.1, 0.15) is 10.6 Å². The van der Waals surface area contributed by atoms with Crippen LogP contribution in [-0.4, -0.2) is 36.8 Å². The lowest BCUT2D eigenvalue weighted by atomic mass is 10.0. The van der Waals surface area contributed by atoms with E-state index >= 15 is 0 Å². The van der Waals surface area contributed by atoms with E-state index in [0.717, 1.165) is 28.2 Å². The van der Waals surface area contributed by atoms with Gasteiger partial charge in [0, 0.05) is 24.5 Å². The molecule has 0 atom stereocenters. The van der Waals surface area contributed by atoms with Crippen molar-refractivity contribution in [1.29, 1.82) is 0 Å². The second-order valence-corrected chi connectivity index (χ2v) is 8.18. The first kappa shape index (κ1) is 19.5. The number of nitrogens with zero attached hydrogens (tertiary/aromatic N) is 2. The van der Waals surface area contributed by atoms with Crippen molar-refractivity contribution < 1.29 is 26.3 Å². The standard InChI is InChI=1S/C19H16F3N3O3S/c20-19(21,22)28-16-5-1-2-6-17(16)29(26,27)25-12-14(13-7-10-23-11-8-13)18-15(25)4-3-9-24-18/h1-7,9,12,23H,8,10-11H2. The number of benzene rings is 1. The normalized spacial score (nSPS) is 15.3. The largest absolute Gasteiger partial charge is 0.573 e. The highest BCUT2D eigenvalue weighted by molar-refractivity contribution is 7.90. The highest BCUT2D eigenvalue weighted by Crippen LogP contribution is 2.35. The third-order valence-electron chi connectivity index (χ3n) is 4.55. The number of alkyl halides is 3. The topological polar surface area (TPSA) is 73.2 Å². The fraction of sp³-hybridized carbons (Fsp3) is 0.211. The predicted molar refractivity (Wildman–Crippen MR) is 101 cm³/mol. The molecule has 3 aromatic rings. The van der Waals surface area contributed by atoms with E-state index in [-0.39, 0.29) is 5.52 Å². The molecule has 1 N–H and O–H groups in total. The van der Waals surface area contributed by atoms with Crippen LogP contribution in [0.2, 0.25) is 0 Å². The summed E-state index contributed by atoms with van der Waals surface area (Å²) < 4.78 is 69.8. The predicted octanol–water partition coefficient (Wildman–Crippen LogP) is 3.55. The maximum atomic E-state index is 13.3. The molecule has 0 bridgehead atoms. The summed E-state index contributed by atoms with van der Waals surface area (Å²) in [6.45, 7) is 1.38. The van der Waals surface area contributed by atoms with Gasteiger partial charge >= 0.3 is 6.36 Å². The number of nitrogens with one attached hydrogen (secondary N) is 1. The molecule has 29 heavy (non-hydrogen) atoms. The van der Waals surface area contributed by atoms with Crippen molar-refractivity contribution in [2.45, 2.75) is 17.7 Å². The zero-order valence-corrected chi connectivity index (χ0v) is 15.8. The van der Waals surface area contributed by atoms with Crippen molar-refractivity contribution >= 4 is 26.6 Å². The lowest BCUT2D eigenvalue weighted by Crippen LogP contribution is -2.20. The molecular formula is C19H16F3N3O3S. The van der Waals surface area contributed by atoms with Gasteiger partial charge in [0.05, 0.1) is 11.0 Å². The van der Waals surface area contributed by atoms with Gasteiger partial charge in [0.25, 0.3) is 10.0 Å². The van der Waals surface area contributed by atoms with Crippen LogP contribution in [0.25, 0.3) is 16.6 Å². The SMILES string of the molecule is O=S(=O)(c1ccccc1OC(F)(F)F)n1cc(C2=CCNCC2)c2ncccc21. The Labute approximate surface area is 164 Å². The van der Waals surface area contributed by atoms with Crippen molar-refractivity contribution in [3.63, 3.8) is 0 Å². The van der Waals surface area contributed by atoms with Crippen molar-refractivity contribution in [2.24, 2.45) is 0 Å². The minimum absolute atomic E-state index is 0.281. The summed E-state index contributed by atoms with van der Waals surface area (Å²) >= 11 is 0. The molecule has 0 aliphatic carbocycles. The number of rotatable bonds is 4. The van der Waals surface area contributed by atoms with Gasteiger partial charge < -0.3 is 10.1 Å². The Bertz CT molecular complexity index is 1200. The summed E-state index contributed by atoms with van der Waals surface area (Å²) in [5.74, 6) is -0.784. The average molecular weight is 423 g/mol. The van der Waals surface area contributed by atoms with Crippen LogP contribution in [0.15, 0.2) is 59.8 Å². The number of aromatic nitrogens is 2. The second-order valence-electron chi connectivity index (χ2n) is 6.39. The Morgan fingerprint density at radius 2 is 1.93 bits per heavy atom. The van der Waals surface area contributed by atoms with Crippen LogP contribution >= 0.6 is 0 Å². The maximum Gasteiger partial charge on any atom is 0.573 e. The van der Waals surface area contributed by atoms with Gasteiger partial charge in [0.2, 0.25) is 0 Å². The molecule has 0 unspecified atom stereocenters. The fourth-order valence-electron chi connectivity index (χ4n) is 3.31. The van der Waals surface area contributed by atoms with Gasteiger partial charge in [-0.3, -0.25) is 4.98 Å². The third-order valence-corrected chi connectivity index (χ3v) is 6.26.